The standard InChI is InChI=1S/C14H17N3O3/c1-2-10-9-15-8-7-11(10)14-16-12(20-17-14)5-3-4-6-13(18)19/h7-9H,2-6H2,1H3,(H,18,19). The van der Waals surface area contributed by atoms with Gasteiger partial charge in [0.15, 0.2) is 0 Å². The number of hydrogen-bond acceptors (Lipinski definition) is 5. The quantitative estimate of drug-likeness (QED) is 0.781. The monoisotopic (exact) mass is 275 g/mol. The van der Waals surface area contributed by atoms with Gasteiger partial charge in [0.2, 0.25) is 11.7 Å². The Labute approximate surface area is 116 Å². The predicted octanol–water partition coefficient (Wildman–Crippen LogP) is 2.49. The third-order valence-corrected chi connectivity index (χ3v) is 3.02. The molecule has 1 N–H and O–H groups in total. The van der Waals surface area contributed by atoms with Gasteiger partial charge < -0.3 is 9.63 Å². The smallest absolute Gasteiger partial charge is 0.303 e. The van der Waals surface area contributed by atoms with Gasteiger partial charge in [-0.2, -0.15) is 4.98 Å². The number of aliphatic carboxylic acids is 1. The molecule has 6 heteroatoms. The summed E-state index contributed by atoms with van der Waals surface area (Å²) in [6.45, 7) is 2.05. The molecule has 0 saturated heterocycles. The Morgan fingerprint density at radius 3 is 3.00 bits per heavy atom. The summed E-state index contributed by atoms with van der Waals surface area (Å²) >= 11 is 0. The minimum Gasteiger partial charge on any atom is -0.481 e. The highest BCUT2D eigenvalue weighted by atomic mass is 16.5. The van der Waals surface area contributed by atoms with Gasteiger partial charge in [-0.15, -0.1) is 0 Å². The van der Waals surface area contributed by atoms with Gasteiger partial charge in [-0.1, -0.05) is 12.1 Å². The topological polar surface area (TPSA) is 89.1 Å². The molecule has 0 amide bonds. The molecule has 2 aromatic rings. The summed E-state index contributed by atoms with van der Waals surface area (Å²) in [5, 5.41) is 12.5. The van der Waals surface area contributed by atoms with Crippen LogP contribution in [0.4, 0.5) is 0 Å². The van der Waals surface area contributed by atoms with E-state index in [1.165, 1.54) is 0 Å². The zero-order valence-corrected chi connectivity index (χ0v) is 11.4. The van der Waals surface area contributed by atoms with Crippen molar-refractivity contribution in [3.63, 3.8) is 0 Å². The molecule has 6 nitrogen and oxygen atoms in total. The maximum atomic E-state index is 10.4. The van der Waals surface area contributed by atoms with Crippen LogP contribution < -0.4 is 0 Å². The van der Waals surface area contributed by atoms with E-state index in [2.05, 4.69) is 15.1 Å². The number of pyridine rings is 1. The van der Waals surface area contributed by atoms with Crippen molar-refractivity contribution >= 4 is 5.97 Å². The number of hydrogen-bond donors (Lipinski definition) is 1. The van der Waals surface area contributed by atoms with Gasteiger partial charge in [0.1, 0.15) is 0 Å². The molecule has 0 aliphatic rings. The van der Waals surface area contributed by atoms with Crippen molar-refractivity contribution in [2.75, 3.05) is 0 Å². The highest BCUT2D eigenvalue weighted by Gasteiger charge is 2.11. The number of carboxylic acid groups (broad SMARTS) is 1. The van der Waals surface area contributed by atoms with Crippen LogP contribution in [0, 0.1) is 0 Å². The fourth-order valence-electron chi connectivity index (χ4n) is 1.95. The summed E-state index contributed by atoms with van der Waals surface area (Å²) in [4.78, 5) is 18.8. The maximum Gasteiger partial charge on any atom is 0.303 e. The highest BCUT2D eigenvalue weighted by molar-refractivity contribution is 5.66. The van der Waals surface area contributed by atoms with E-state index < -0.39 is 5.97 Å². The molecule has 0 aliphatic heterocycles. The first-order valence-electron chi connectivity index (χ1n) is 6.68. The summed E-state index contributed by atoms with van der Waals surface area (Å²) in [6, 6.07) is 1.87. The van der Waals surface area contributed by atoms with Gasteiger partial charge in [-0.25, -0.2) is 0 Å². The Kier molecular flexibility index (Phi) is 4.81. The molecule has 106 valence electrons. The second-order valence-electron chi connectivity index (χ2n) is 4.50. The lowest BCUT2D eigenvalue weighted by atomic mass is 10.1. The van der Waals surface area contributed by atoms with Crippen molar-refractivity contribution in [2.24, 2.45) is 0 Å². The second-order valence-corrected chi connectivity index (χ2v) is 4.50. The Morgan fingerprint density at radius 1 is 1.40 bits per heavy atom. The Balaban J connectivity index is 2.00. The first-order chi connectivity index (χ1) is 9.70. The molecular weight excluding hydrogens is 258 g/mol. The van der Waals surface area contributed by atoms with E-state index in [0.29, 0.717) is 24.6 Å². The molecule has 0 unspecified atom stereocenters. The van der Waals surface area contributed by atoms with Crippen LogP contribution in [-0.2, 0) is 17.6 Å². The van der Waals surface area contributed by atoms with Crippen LogP contribution in [0.25, 0.3) is 11.4 Å². The van der Waals surface area contributed by atoms with Crippen LogP contribution in [0.1, 0.15) is 37.6 Å². The van der Waals surface area contributed by atoms with Crippen molar-refractivity contribution in [1.82, 2.24) is 15.1 Å². The second kappa shape index (κ2) is 6.79. The van der Waals surface area contributed by atoms with Gasteiger partial charge in [-0.3, -0.25) is 9.78 Å². The molecule has 0 spiro atoms. The van der Waals surface area contributed by atoms with E-state index in [9.17, 15) is 4.79 Å². The number of aromatic nitrogens is 3. The average Bonchev–Trinajstić information content (AvgIpc) is 2.92. The normalized spacial score (nSPS) is 10.7. The minimum atomic E-state index is -0.777. The fraction of sp³-hybridized carbons (Fsp3) is 0.429. The van der Waals surface area contributed by atoms with Crippen LogP contribution in [0.2, 0.25) is 0 Å². The Morgan fingerprint density at radius 2 is 2.25 bits per heavy atom. The lowest BCUT2D eigenvalue weighted by molar-refractivity contribution is -0.137. The molecule has 2 heterocycles. The van der Waals surface area contributed by atoms with Crippen LogP contribution in [0.15, 0.2) is 23.0 Å². The minimum absolute atomic E-state index is 0.172. The number of carboxylic acids is 1. The van der Waals surface area contributed by atoms with E-state index in [-0.39, 0.29) is 6.42 Å². The van der Waals surface area contributed by atoms with Crippen molar-refractivity contribution < 1.29 is 14.4 Å². The average molecular weight is 275 g/mol. The number of rotatable bonds is 7. The zero-order valence-electron chi connectivity index (χ0n) is 11.4. The first-order valence-corrected chi connectivity index (χ1v) is 6.68. The number of carbonyl (C=O) groups is 1. The third kappa shape index (κ3) is 3.63. The Hall–Kier alpha value is -2.24. The van der Waals surface area contributed by atoms with E-state index in [0.717, 1.165) is 24.0 Å². The summed E-state index contributed by atoms with van der Waals surface area (Å²) in [7, 11) is 0. The fourth-order valence-corrected chi connectivity index (χ4v) is 1.95. The van der Waals surface area contributed by atoms with Gasteiger partial charge in [0.25, 0.3) is 0 Å². The predicted molar refractivity (Wildman–Crippen MR) is 72.1 cm³/mol. The van der Waals surface area contributed by atoms with Crippen LogP contribution in [0.3, 0.4) is 0 Å². The van der Waals surface area contributed by atoms with E-state index in [1.54, 1.807) is 12.4 Å². The number of unbranched alkanes of at least 4 members (excludes halogenated alkanes) is 1. The lowest BCUT2D eigenvalue weighted by Gasteiger charge is -2.00. The molecule has 0 aliphatic carbocycles. The SMILES string of the molecule is CCc1cnccc1-c1noc(CCCCC(=O)O)n1. The molecule has 0 fully saturated rings. The molecule has 20 heavy (non-hydrogen) atoms. The summed E-state index contributed by atoms with van der Waals surface area (Å²) in [6.07, 6.45) is 6.48. The van der Waals surface area contributed by atoms with Gasteiger partial charge in [0, 0.05) is 30.8 Å². The van der Waals surface area contributed by atoms with E-state index in [1.807, 2.05) is 13.0 Å². The van der Waals surface area contributed by atoms with Crippen molar-refractivity contribution in [3.05, 3.63) is 29.9 Å². The van der Waals surface area contributed by atoms with Gasteiger partial charge in [-0.05, 0) is 30.9 Å². The maximum absolute atomic E-state index is 10.4. The number of nitrogens with zero attached hydrogens (tertiary/aromatic N) is 3. The highest BCUT2D eigenvalue weighted by Crippen LogP contribution is 2.20. The van der Waals surface area contributed by atoms with Crippen molar-refractivity contribution in [2.45, 2.75) is 39.0 Å². The molecule has 0 atom stereocenters. The molecule has 0 radical (unpaired) electrons. The van der Waals surface area contributed by atoms with Crippen LogP contribution in [-0.4, -0.2) is 26.2 Å². The zero-order chi connectivity index (χ0) is 14.4. The van der Waals surface area contributed by atoms with Gasteiger partial charge in [0.05, 0.1) is 0 Å². The molecule has 0 bridgehead atoms. The van der Waals surface area contributed by atoms with E-state index in [4.69, 9.17) is 9.63 Å². The molecule has 2 aromatic heterocycles. The Bertz CT molecular complexity index is 581. The van der Waals surface area contributed by atoms with Gasteiger partial charge >= 0.3 is 5.97 Å². The summed E-state index contributed by atoms with van der Waals surface area (Å²) in [5.74, 6) is 0.335. The molecular formula is C14H17N3O3. The molecule has 2 rings (SSSR count). The number of aryl methyl sites for hydroxylation is 2. The molecule has 0 aromatic carbocycles. The van der Waals surface area contributed by atoms with Crippen molar-refractivity contribution in [1.29, 1.82) is 0 Å². The van der Waals surface area contributed by atoms with Crippen LogP contribution >= 0.6 is 0 Å². The largest absolute Gasteiger partial charge is 0.481 e. The first kappa shape index (κ1) is 14.2. The summed E-state index contributed by atoms with van der Waals surface area (Å²) in [5.41, 5.74) is 2.01. The summed E-state index contributed by atoms with van der Waals surface area (Å²) < 4.78 is 5.20. The lowest BCUT2D eigenvalue weighted by Crippen LogP contribution is -1.95. The third-order valence-electron chi connectivity index (χ3n) is 3.02. The van der Waals surface area contributed by atoms with E-state index >= 15 is 0 Å². The van der Waals surface area contributed by atoms with Crippen LogP contribution in [0.5, 0.6) is 0 Å². The van der Waals surface area contributed by atoms with Crippen molar-refractivity contribution in [3.8, 4) is 11.4 Å². The molecule has 0 saturated carbocycles.